The number of rotatable bonds is 5. The first-order valence-electron chi connectivity index (χ1n) is 5.47. The number of hydrogen-bond acceptors (Lipinski definition) is 4. The van der Waals surface area contributed by atoms with E-state index >= 15 is 0 Å². The summed E-state index contributed by atoms with van der Waals surface area (Å²) in [5.41, 5.74) is 4.16. The number of pyridine rings is 1. The fraction of sp³-hybridized carbons (Fsp3) is 0.333. The molecule has 1 rings (SSSR count). The van der Waals surface area contributed by atoms with Gasteiger partial charge in [0.15, 0.2) is 0 Å². The summed E-state index contributed by atoms with van der Waals surface area (Å²) in [6.07, 6.45) is 1.86. The maximum atomic E-state index is 11.7. The Bertz CT molecular complexity index is 483. The van der Waals surface area contributed by atoms with E-state index in [2.05, 4.69) is 15.5 Å². The van der Waals surface area contributed by atoms with Crippen LogP contribution in [0.15, 0.2) is 23.4 Å². The van der Waals surface area contributed by atoms with Crippen LogP contribution >= 0.6 is 0 Å². The molecule has 0 bridgehead atoms. The van der Waals surface area contributed by atoms with Crippen LogP contribution in [-0.2, 0) is 4.79 Å². The molecule has 1 amide bonds. The Morgan fingerprint density at radius 3 is 2.78 bits per heavy atom. The van der Waals surface area contributed by atoms with Gasteiger partial charge < -0.3 is 5.11 Å². The van der Waals surface area contributed by atoms with Crippen LogP contribution in [0, 0.1) is 6.92 Å². The van der Waals surface area contributed by atoms with E-state index in [1.807, 2.05) is 0 Å². The van der Waals surface area contributed by atoms with Crippen LogP contribution in [0.5, 0.6) is 0 Å². The third kappa shape index (κ3) is 4.73. The molecule has 18 heavy (non-hydrogen) atoms. The highest BCUT2D eigenvalue weighted by Gasteiger charge is 2.05. The first kappa shape index (κ1) is 13.8. The quantitative estimate of drug-likeness (QED) is 0.608. The smallest absolute Gasteiger partial charge is 0.303 e. The Balaban J connectivity index is 2.55. The van der Waals surface area contributed by atoms with Crippen LogP contribution in [0.2, 0.25) is 0 Å². The van der Waals surface area contributed by atoms with Crippen LogP contribution in [0.4, 0.5) is 0 Å². The van der Waals surface area contributed by atoms with Crippen molar-refractivity contribution in [3.8, 4) is 0 Å². The number of aromatic nitrogens is 1. The van der Waals surface area contributed by atoms with Gasteiger partial charge in [-0.2, -0.15) is 5.10 Å². The monoisotopic (exact) mass is 249 g/mol. The molecule has 1 aromatic heterocycles. The molecule has 0 aliphatic heterocycles. The molecule has 0 saturated carbocycles. The summed E-state index contributed by atoms with van der Waals surface area (Å²) in [4.78, 5) is 26.0. The van der Waals surface area contributed by atoms with E-state index < -0.39 is 5.97 Å². The van der Waals surface area contributed by atoms with E-state index in [-0.39, 0.29) is 12.3 Å². The number of hydrogen-bond donors (Lipinski definition) is 2. The highest BCUT2D eigenvalue weighted by atomic mass is 16.4. The van der Waals surface area contributed by atoms with Gasteiger partial charge in [0.2, 0.25) is 0 Å². The second kappa shape index (κ2) is 6.48. The topological polar surface area (TPSA) is 91.6 Å². The van der Waals surface area contributed by atoms with Crippen LogP contribution in [0.3, 0.4) is 0 Å². The summed E-state index contributed by atoms with van der Waals surface area (Å²) in [5, 5.41) is 12.3. The molecule has 0 fully saturated rings. The largest absolute Gasteiger partial charge is 0.481 e. The van der Waals surface area contributed by atoms with Crippen LogP contribution in [0.25, 0.3) is 0 Å². The summed E-state index contributed by atoms with van der Waals surface area (Å²) in [5.74, 6) is -1.23. The van der Waals surface area contributed by atoms with Gasteiger partial charge in [-0.3, -0.25) is 14.6 Å². The third-order valence-corrected chi connectivity index (χ3v) is 2.21. The number of carboxylic acid groups (broad SMARTS) is 1. The van der Waals surface area contributed by atoms with Gasteiger partial charge in [-0.1, -0.05) is 0 Å². The van der Waals surface area contributed by atoms with Crippen molar-refractivity contribution in [2.75, 3.05) is 0 Å². The molecule has 0 atom stereocenters. The van der Waals surface area contributed by atoms with Gasteiger partial charge in [0.25, 0.3) is 5.91 Å². The van der Waals surface area contributed by atoms with Crippen molar-refractivity contribution in [2.24, 2.45) is 5.10 Å². The number of carbonyl (C=O) groups excluding carboxylic acids is 1. The Kier molecular flexibility index (Phi) is 4.98. The second-order valence-electron chi connectivity index (χ2n) is 3.87. The molecular weight excluding hydrogens is 234 g/mol. The molecule has 0 unspecified atom stereocenters. The average Bonchev–Trinajstić information content (AvgIpc) is 2.33. The molecule has 0 spiro atoms. The molecule has 0 saturated heterocycles. The lowest BCUT2D eigenvalue weighted by Gasteiger charge is -2.02. The zero-order valence-electron chi connectivity index (χ0n) is 10.3. The molecular formula is C12H15N3O3. The lowest BCUT2D eigenvalue weighted by Crippen LogP contribution is -2.19. The highest BCUT2D eigenvalue weighted by Crippen LogP contribution is 2.00. The third-order valence-electron chi connectivity index (χ3n) is 2.21. The number of nitrogens with one attached hydrogen (secondary N) is 1. The summed E-state index contributed by atoms with van der Waals surface area (Å²) in [6.45, 7) is 3.46. The van der Waals surface area contributed by atoms with Gasteiger partial charge in [-0.25, -0.2) is 5.43 Å². The molecule has 1 aromatic rings. The first-order chi connectivity index (χ1) is 8.49. The zero-order chi connectivity index (χ0) is 13.5. The fourth-order valence-electron chi connectivity index (χ4n) is 1.24. The SMILES string of the molecule is CC(CCC(=O)O)=NNC(=O)c1ccnc(C)c1. The van der Waals surface area contributed by atoms with Gasteiger partial charge in [0.05, 0.1) is 6.42 Å². The molecule has 2 N–H and O–H groups in total. The van der Waals surface area contributed by atoms with E-state index in [4.69, 9.17) is 5.11 Å². The number of amides is 1. The van der Waals surface area contributed by atoms with Gasteiger partial charge in [0, 0.05) is 23.2 Å². The van der Waals surface area contributed by atoms with Crippen molar-refractivity contribution in [3.05, 3.63) is 29.6 Å². The number of aryl methyl sites for hydroxylation is 1. The number of aliphatic carboxylic acids is 1. The minimum Gasteiger partial charge on any atom is -0.481 e. The normalized spacial score (nSPS) is 11.1. The number of carbonyl (C=O) groups is 2. The number of hydrazone groups is 1. The molecule has 0 aliphatic rings. The summed E-state index contributed by atoms with van der Waals surface area (Å²) in [6, 6.07) is 3.24. The minimum absolute atomic E-state index is 0.000428. The standard InChI is InChI=1S/C12H15N3O3/c1-8(3-4-11(16)17)14-15-12(18)10-5-6-13-9(2)7-10/h5-7H,3-4H2,1-2H3,(H,15,18)(H,16,17). The van der Waals surface area contributed by atoms with Gasteiger partial charge in [0.1, 0.15) is 0 Å². The van der Waals surface area contributed by atoms with Crippen molar-refractivity contribution in [3.63, 3.8) is 0 Å². The fourth-order valence-corrected chi connectivity index (χ4v) is 1.24. The molecule has 1 heterocycles. The molecule has 0 aliphatic carbocycles. The van der Waals surface area contributed by atoms with Crippen molar-refractivity contribution >= 4 is 17.6 Å². The minimum atomic E-state index is -0.888. The van der Waals surface area contributed by atoms with E-state index in [0.717, 1.165) is 5.69 Å². The molecule has 96 valence electrons. The molecule has 0 radical (unpaired) electrons. The van der Waals surface area contributed by atoms with Gasteiger partial charge in [-0.15, -0.1) is 0 Å². The number of carboxylic acids is 1. The predicted molar refractivity (Wildman–Crippen MR) is 66.4 cm³/mol. The van der Waals surface area contributed by atoms with E-state index in [0.29, 0.717) is 17.7 Å². The van der Waals surface area contributed by atoms with E-state index in [1.54, 1.807) is 32.2 Å². The Hall–Kier alpha value is -2.24. The highest BCUT2D eigenvalue weighted by molar-refractivity contribution is 5.95. The predicted octanol–water partition coefficient (Wildman–Crippen LogP) is 1.36. The maximum Gasteiger partial charge on any atom is 0.303 e. The van der Waals surface area contributed by atoms with E-state index in [1.165, 1.54) is 0 Å². The van der Waals surface area contributed by atoms with Crippen molar-refractivity contribution in [2.45, 2.75) is 26.7 Å². The summed E-state index contributed by atoms with van der Waals surface area (Å²) in [7, 11) is 0. The zero-order valence-corrected chi connectivity index (χ0v) is 10.3. The maximum absolute atomic E-state index is 11.7. The first-order valence-corrected chi connectivity index (χ1v) is 5.47. The molecule has 6 heteroatoms. The van der Waals surface area contributed by atoms with Gasteiger partial charge >= 0.3 is 5.97 Å². The Labute approximate surface area is 105 Å². The second-order valence-corrected chi connectivity index (χ2v) is 3.87. The summed E-state index contributed by atoms with van der Waals surface area (Å²) < 4.78 is 0. The Morgan fingerprint density at radius 2 is 2.17 bits per heavy atom. The van der Waals surface area contributed by atoms with Crippen molar-refractivity contribution in [1.29, 1.82) is 0 Å². The lowest BCUT2D eigenvalue weighted by atomic mass is 10.2. The molecule has 6 nitrogen and oxygen atoms in total. The van der Waals surface area contributed by atoms with Crippen LogP contribution < -0.4 is 5.43 Å². The van der Waals surface area contributed by atoms with Crippen LogP contribution in [-0.4, -0.2) is 27.7 Å². The molecule has 0 aromatic carbocycles. The van der Waals surface area contributed by atoms with E-state index in [9.17, 15) is 9.59 Å². The van der Waals surface area contributed by atoms with Gasteiger partial charge in [-0.05, 0) is 32.4 Å². The van der Waals surface area contributed by atoms with Crippen molar-refractivity contribution in [1.82, 2.24) is 10.4 Å². The Morgan fingerprint density at radius 1 is 1.44 bits per heavy atom. The summed E-state index contributed by atoms with van der Waals surface area (Å²) >= 11 is 0. The lowest BCUT2D eigenvalue weighted by molar-refractivity contribution is -0.136. The van der Waals surface area contributed by atoms with Crippen LogP contribution in [0.1, 0.15) is 35.8 Å². The van der Waals surface area contributed by atoms with Crippen molar-refractivity contribution < 1.29 is 14.7 Å². The average molecular weight is 249 g/mol. The number of nitrogens with zero attached hydrogens (tertiary/aromatic N) is 2.